The van der Waals surface area contributed by atoms with Gasteiger partial charge in [0.25, 0.3) is 5.91 Å². The number of hydrogen-bond acceptors (Lipinski definition) is 4. The first-order valence-corrected chi connectivity index (χ1v) is 9.72. The van der Waals surface area contributed by atoms with Crippen LogP contribution in [0.4, 0.5) is 5.69 Å². The van der Waals surface area contributed by atoms with Crippen LogP contribution in [-0.4, -0.2) is 42.3 Å². The maximum absolute atomic E-state index is 12.9. The van der Waals surface area contributed by atoms with Gasteiger partial charge in [-0.05, 0) is 48.4 Å². The van der Waals surface area contributed by atoms with Crippen LogP contribution in [0.3, 0.4) is 0 Å². The molecule has 1 atom stereocenters. The Bertz CT molecular complexity index is 880. The van der Waals surface area contributed by atoms with Crippen molar-refractivity contribution in [3.05, 3.63) is 58.6 Å². The predicted octanol–water partition coefficient (Wildman–Crippen LogP) is 3.18. The molecule has 1 aliphatic rings. The molecule has 0 bridgehead atoms. The first kappa shape index (κ1) is 20.1. The molecule has 1 heterocycles. The van der Waals surface area contributed by atoms with Gasteiger partial charge in [-0.15, -0.1) is 0 Å². The van der Waals surface area contributed by atoms with E-state index in [1.807, 2.05) is 24.3 Å². The van der Waals surface area contributed by atoms with Crippen LogP contribution in [-0.2, 0) is 20.8 Å². The second-order valence-corrected chi connectivity index (χ2v) is 7.49. The summed E-state index contributed by atoms with van der Waals surface area (Å²) in [5.74, 6) is -0.128. The lowest BCUT2D eigenvalue weighted by Gasteiger charge is -2.26. The molecule has 7 heteroatoms. The molecule has 1 fully saturated rings. The SMILES string of the molecule is COc1ccc(CCN(C(C)=O)[C@@H]2CC(=O)N(c3ccc(Br)cc3)C2=O)cc1. The molecule has 0 radical (unpaired) electrons. The molecule has 1 saturated heterocycles. The van der Waals surface area contributed by atoms with Crippen molar-refractivity contribution in [1.82, 2.24) is 4.90 Å². The smallest absolute Gasteiger partial charge is 0.257 e. The Kier molecular flexibility index (Phi) is 6.14. The van der Waals surface area contributed by atoms with Crippen molar-refractivity contribution in [3.8, 4) is 5.75 Å². The van der Waals surface area contributed by atoms with Gasteiger partial charge in [0, 0.05) is 17.9 Å². The lowest BCUT2D eigenvalue weighted by atomic mass is 10.1. The van der Waals surface area contributed by atoms with E-state index in [2.05, 4.69) is 15.9 Å². The van der Waals surface area contributed by atoms with Gasteiger partial charge in [-0.2, -0.15) is 0 Å². The van der Waals surface area contributed by atoms with E-state index in [4.69, 9.17) is 4.74 Å². The molecule has 0 aliphatic carbocycles. The Labute approximate surface area is 172 Å². The van der Waals surface area contributed by atoms with Gasteiger partial charge in [0.05, 0.1) is 19.2 Å². The highest BCUT2D eigenvalue weighted by Gasteiger charge is 2.43. The van der Waals surface area contributed by atoms with Crippen LogP contribution in [0.2, 0.25) is 0 Å². The van der Waals surface area contributed by atoms with Crippen molar-refractivity contribution in [2.75, 3.05) is 18.6 Å². The number of halogens is 1. The summed E-state index contributed by atoms with van der Waals surface area (Å²) < 4.78 is 6.00. The molecule has 28 heavy (non-hydrogen) atoms. The average molecular weight is 445 g/mol. The van der Waals surface area contributed by atoms with Gasteiger partial charge in [-0.25, -0.2) is 4.90 Å². The van der Waals surface area contributed by atoms with Crippen molar-refractivity contribution in [1.29, 1.82) is 0 Å². The first-order chi connectivity index (χ1) is 13.4. The molecule has 3 rings (SSSR count). The van der Waals surface area contributed by atoms with Crippen molar-refractivity contribution in [2.45, 2.75) is 25.8 Å². The van der Waals surface area contributed by atoms with E-state index >= 15 is 0 Å². The Morgan fingerprint density at radius 2 is 1.79 bits per heavy atom. The number of methoxy groups -OCH3 is 1. The second-order valence-electron chi connectivity index (χ2n) is 6.57. The molecule has 0 aromatic heterocycles. The number of hydrogen-bond donors (Lipinski definition) is 0. The molecule has 1 aliphatic heterocycles. The number of rotatable bonds is 6. The van der Waals surface area contributed by atoms with E-state index in [0.717, 1.165) is 15.8 Å². The number of anilines is 1. The van der Waals surface area contributed by atoms with Crippen LogP contribution in [0.1, 0.15) is 18.9 Å². The van der Waals surface area contributed by atoms with E-state index in [1.165, 1.54) is 16.7 Å². The minimum atomic E-state index is -0.771. The van der Waals surface area contributed by atoms with E-state index in [9.17, 15) is 14.4 Å². The quantitative estimate of drug-likeness (QED) is 0.641. The molecule has 2 aromatic rings. The van der Waals surface area contributed by atoms with Crippen molar-refractivity contribution < 1.29 is 19.1 Å². The molecule has 0 unspecified atom stereocenters. The molecule has 0 N–H and O–H groups in total. The third kappa shape index (κ3) is 4.25. The fraction of sp³-hybridized carbons (Fsp3) is 0.286. The highest BCUT2D eigenvalue weighted by Crippen LogP contribution is 2.27. The Morgan fingerprint density at radius 3 is 2.36 bits per heavy atom. The number of amides is 3. The van der Waals surface area contributed by atoms with Crippen LogP contribution < -0.4 is 9.64 Å². The summed E-state index contributed by atoms with van der Waals surface area (Å²) in [6, 6.07) is 13.7. The zero-order valence-electron chi connectivity index (χ0n) is 15.7. The summed E-state index contributed by atoms with van der Waals surface area (Å²) in [5, 5.41) is 0. The standard InChI is InChI=1S/C21H21BrN2O4/c1-14(25)23(12-11-15-3-9-18(28-2)10-4-15)19-13-20(26)24(21(19)27)17-7-5-16(22)6-8-17/h3-10,19H,11-13H2,1-2H3/t19-/m1/s1. The second kappa shape index (κ2) is 8.56. The number of carbonyl (C=O) groups excluding carboxylic acids is 3. The Balaban J connectivity index is 1.74. The van der Waals surface area contributed by atoms with Gasteiger partial charge in [-0.3, -0.25) is 14.4 Å². The molecule has 146 valence electrons. The molecule has 6 nitrogen and oxygen atoms in total. The minimum Gasteiger partial charge on any atom is -0.497 e. The normalized spacial score (nSPS) is 16.4. The maximum Gasteiger partial charge on any atom is 0.257 e. The lowest BCUT2D eigenvalue weighted by Crippen LogP contribution is -2.45. The summed E-state index contributed by atoms with van der Waals surface area (Å²) >= 11 is 3.34. The third-order valence-corrected chi connectivity index (χ3v) is 5.32. The highest BCUT2D eigenvalue weighted by atomic mass is 79.9. The zero-order chi connectivity index (χ0) is 20.3. The number of benzene rings is 2. The molecule has 0 spiro atoms. The Hall–Kier alpha value is -2.67. The van der Waals surface area contributed by atoms with Crippen LogP contribution in [0, 0.1) is 0 Å². The van der Waals surface area contributed by atoms with Crippen LogP contribution in [0.15, 0.2) is 53.0 Å². The van der Waals surface area contributed by atoms with Crippen LogP contribution in [0.25, 0.3) is 0 Å². The minimum absolute atomic E-state index is 0.00289. The van der Waals surface area contributed by atoms with Gasteiger partial charge < -0.3 is 9.64 Å². The molecular formula is C21H21BrN2O4. The summed E-state index contributed by atoms with van der Waals surface area (Å²) in [6.45, 7) is 1.79. The number of carbonyl (C=O) groups is 3. The summed E-state index contributed by atoms with van der Waals surface area (Å²) in [5.41, 5.74) is 1.54. The van der Waals surface area contributed by atoms with Gasteiger partial charge in [0.15, 0.2) is 0 Å². The van der Waals surface area contributed by atoms with E-state index < -0.39 is 6.04 Å². The van der Waals surface area contributed by atoms with Gasteiger partial charge in [-0.1, -0.05) is 28.1 Å². The van der Waals surface area contributed by atoms with Crippen molar-refractivity contribution in [2.24, 2.45) is 0 Å². The average Bonchev–Trinajstić information content (AvgIpc) is 2.97. The fourth-order valence-corrected chi connectivity index (χ4v) is 3.56. The van der Waals surface area contributed by atoms with Crippen molar-refractivity contribution in [3.63, 3.8) is 0 Å². The summed E-state index contributed by atoms with van der Waals surface area (Å²) in [7, 11) is 1.60. The number of imide groups is 1. The third-order valence-electron chi connectivity index (χ3n) is 4.79. The molecule has 0 saturated carbocycles. The van der Waals surface area contributed by atoms with E-state index in [0.29, 0.717) is 18.7 Å². The van der Waals surface area contributed by atoms with Crippen molar-refractivity contribution >= 4 is 39.3 Å². The monoisotopic (exact) mass is 444 g/mol. The molecule has 2 aromatic carbocycles. The number of ether oxygens (including phenoxy) is 1. The van der Waals surface area contributed by atoms with Gasteiger partial charge in [0.1, 0.15) is 11.8 Å². The summed E-state index contributed by atoms with van der Waals surface area (Å²) in [4.78, 5) is 40.3. The largest absolute Gasteiger partial charge is 0.497 e. The predicted molar refractivity (Wildman–Crippen MR) is 109 cm³/mol. The highest BCUT2D eigenvalue weighted by molar-refractivity contribution is 9.10. The summed E-state index contributed by atoms with van der Waals surface area (Å²) in [6.07, 6.45) is 0.580. The van der Waals surface area contributed by atoms with Crippen LogP contribution >= 0.6 is 15.9 Å². The molecular weight excluding hydrogens is 424 g/mol. The Morgan fingerprint density at radius 1 is 1.14 bits per heavy atom. The van der Waals surface area contributed by atoms with E-state index in [-0.39, 0.29) is 24.1 Å². The lowest BCUT2D eigenvalue weighted by molar-refractivity contribution is -0.136. The van der Waals surface area contributed by atoms with Gasteiger partial charge in [0.2, 0.25) is 11.8 Å². The van der Waals surface area contributed by atoms with Crippen LogP contribution in [0.5, 0.6) is 5.75 Å². The first-order valence-electron chi connectivity index (χ1n) is 8.93. The van der Waals surface area contributed by atoms with Gasteiger partial charge >= 0.3 is 0 Å². The number of nitrogens with zero attached hydrogens (tertiary/aromatic N) is 2. The molecule has 3 amide bonds. The fourth-order valence-electron chi connectivity index (χ4n) is 3.30. The maximum atomic E-state index is 12.9. The zero-order valence-corrected chi connectivity index (χ0v) is 17.3. The topological polar surface area (TPSA) is 66.9 Å². The van der Waals surface area contributed by atoms with E-state index in [1.54, 1.807) is 31.4 Å².